The summed E-state index contributed by atoms with van der Waals surface area (Å²) in [6.45, 7) is 3.31. The quantitative estimate of drug-likeness (QED) is 0.113. The van der Waals surface area contributed by atoms with E-state index in [0.29, 0.717) is 32.8 Å². The molecule has 2 N–H and O–H groups in total. The molecule has 2 heterocycles. The Morgan fingerprint density at radius 2 is 0.960 bits per heavy atom. The number of hydrogen-bond donors (Lipinski definition) is 2. The maximum absolute atomic E-state index is 12.5. The van der Waals surface area contributed by atoms with Gasteiger partial charge in [-0.15, -0.1) is 11.4 Å². The summed E-state index contributed by atoms with van der Waals surface area (Å²) in [5.74, 6) is -0.518. The van der Waals surface area contributed by atoms with E-state index >= 15 is 0 Å². The van der Waals surface area contributed by atoms with Crippen LogP contribution in [0, 0.1) is 13.8 Å². The van der Waals surface area contributed by atoms with Crippen LogP contribution in [0.25, 0.3) is 11.4 Å². The first-order valence-corrected chi connectivity index (χ1v) is 15.3. The monoisotopic (exact) mass is 797 g/mol. The molecule has 0 unspecified atom stereocenters. The summed E-state index contributed by atoms with van der Waals surface area (Å²) < 4.78 is 2.49. The van der Waals surface area contributed by atoms with Crippen LogP contribution < -0.4 is 40.7 Å². The van der Waals surface area contributed by atoms with Gasteiger partial charge in [-0.2, -0.15) is 10.2 Å². The van der Waals surface area contributed by atoms with E-state index in [-0.39, 0.29) is 91.2 Å². The summed E-state index contributed by atoms with van der Waals surface area (Å²) >= 11 is 23.4. The maximum Gasteiger partial charge on any atom is 1.00 e. The van der Waals surface area contributed by atoms with Gasteiger partial charge in [-0.05, 0) is 48.5 Å². The van der Waals surface area contributed by atoms with Gasteiger partial charge in [0.25, 0.3) is 0 Å². The Morgan fingerprint density at radius 3 is 1.30 bits per heavy atom. The number of hydrogen-bond acceptors (Lipinski definition) is 10. The number of phenols is 2. The van der Waals surface area contributed by atoms with E-state index in [1.807, 2.05) is 12.1 Å². The predicted molar refractivity (Wildman–Crippen MR) is 185 cm³/mol. The Morgan fingerprint density at radius 1 is 0.620 bits per heavy atom. The summed E-state index contributed by atoms with van der Waals surface area (Å²) in [5, 5.41) is 44.4. The minimum absolute atomic E-state index is 0. The SMILES string of the molecule is Cc1nn(-c2ccccc2)c(=O)[c-]1N=Nc1cc(Cl)cc(Cl)c1O.Cc1nn(-c2ccccc2)c(=O)[c-]1N=Nc1cc(Cl)cc(Cl)c1O.[Cr].[Na+]. The number of halogens is 4. The van der Waals surface area contributed by atoms with Crippen molar-refractivity contribution in [2.24, 2.45) is 20.5 Å². The van der Waals surface area contributed by atoms with E-state index in [9.17, 15) is 19.8 Å². The number of rotatable bonds is 6. The van der Waals surface area contributed by atoms with Crippen molar-refractivity contribution >= 4 is 69.2 Å². The van der Waals surface area contributed by atoms with Gasteiger partial charge < -0.3 is 30.0 Å². The van der Waals surface area contributed by atoms with E-state index in [2.05, 4.69) is 30.7 Å². The van der Waals surface area contributed by atoms with Gasteiger partial charge in [0.05, 0.1) is 21.4 Å². The number of para-hydroxylation sites is 2. The molecule has 250 valence electrons. The fourth-order valence-electron chi connectivity index (χ4n) is 4.18. The van der Waals surface area contributed by atoms with Gasteiger partial charge in [0, 0.05) is 27.4 Å². The fourth-order valence-corrected chi connectivity index (χ4v) is 5.14. The standard InChI is InChI=1S/2C16H11Cl2N4O2.Cr.Na/c2*1-9-14(16(24)22(21-9)11-5-3-2-4-6-11)20-19-13-8-10(17)7-12(18)15(13)23;;/h2*2-8,23H,1H3;;/q2*-1;;+1. The third-order valence-corrected chi connectivity index (χ3v) is 7.52. The molecule has 0 bridgehead atoms. The molecule has 0 radical (unpaired) electrons. The molecule has 0 saturated carbocycles. The van der Waals surface area contributed by atoms with Gasteiger partial charge in [-0.3, -0.25) is 0 Å². The largest absolute Gasteiger partial charge is 1.00 e. The Labute approximate surface area is 337 Å². The summed E-state index contributed by atoms with van der Waals surface area (Å²) in [6, 6.07) is 23.5. The topological polar surface area (TPSA) is 160 Å². The van der Waals surface area contributed by atoms with Crippen LogP contribution in [0.5, 0.6) is 11.5 Å². The molecule has 0 aliphatic heterocycles. The van der Waals surface area contributed by atoms with Crippen molar-refractivity contribution in [3.63, 3.8) is 0 Å². The van der Waals surface area contributed by atoms with Crippen molar-refractivity contribution < 1.29 is 57.1 Å². The number of azo groups is 2. The summed E-state index contributed by atoms with van der Waals surface area (Å²) in [6.07, 6.45) is 0. The Hall–Kier alpha value is -3.61. The summed E-state index contributed by atoms with van der Waals surface area (Å²) in [5.41, 5.74) is 1.56. The van der Waals surface area contributed by atoms with Gasteiger partial charge >= 0.3 is 29.6 Å². The molecule has 6 aromatic rings. The van der Waals surface area contributed by atoms with Gasteiger partial charge in [0.2, 0.25) is 0 Å². The molecule has 12 nitrogen and oxygen atoms in total. The molecule has 18 heteroatoms. The van der Waals surface area contributed by atoms with Crippen molar-refractivity contribution in [2.45, 2.75) is 13.8 Å². The first-order chi connectivity index (χ1) is 22.9. The molecular weight excluding hydrogens is 777 g/mol. The minimum Gasteiger partial charge on any atom is -0.504 e. The second-order valence-electron chi connectivity index (χ2n) is 9.88. The molecule has 0 fully saturated rings. The minimum atomic E-state index is -0.407. The maximum atomic E-state index is 12.5. The van der Waals surface area contributed by atoms with E-state index in [1.165, 1.54) is 33.6 Å². The number of phenolic OH excluding ortho intramolecular Hbond substituents is 2. The Bertz CT molecular complexity index is 2130. The summed E-state index contributed by atoms with van der Waals surface area (Å²) in [7, 11) is 0. The molecule has 50 heavy (non-hydrogen) atoms. The summed E-state index contributed by atoms with van der Waals surface area (Å²) in [4.78, 5) is 24.9. The number of aryl methyl sites for hydroxylation is 2. The van der Waals surface area contributed by atoms with E-state index in [1.54, 1.807) is 62.4 Å². The number of benzene rings is 4. The third kappa shape index (κ3) is 9.38. The van der Waals surface area contributed by atoms with Gasteiger partial charge in [-0.25, -0.2) is 19.6 Å². The van der Waals surface area contributed by atoms with Crippen LogP contribution >= 0.6 is 46.4 Å². The van der Waals surface area contributed by atoms with Gasteiger partial charge in [0.15, 0.2) is 11.5 Å². The van der Waals surface area contributed by atoms with Crippen molar-refractivity contribution in [2.75, 3.05) is 0 Å². The van der Waals surface area contributed by atoms with E-state index in [0.717, 1.165) is 0 Å². The van der Waals surface area contributed by atoms with Crippen molar-refractivity contribution in [3.8, 4) is 22.9 Å². The number of aromatic nitrogens is 4. The molecule has 0 atom stereocenters. The number of aromatic hydroxyl groups is 2. The first-order valence-electron chi connectivity index (χ1n) is 13.8. The average Bonchev–Trinajstić information content (AvgIpc) is 3.52. The molecule has 4 aromatic carbocycles. The zero-order valence-electron chi connectivity index (χ0n) is 26.3. The van der Waals surface area contributed by atoms with Gasteiger partial charge in [0.1, 0.15) is 22.5 Å². The first kappa shape index (κ1) is 40.8. The van der Waals surface area contributed by atoms with Gasteiger partial charge in [-0.1, -0.05) is 108 Å². The van der Waals surface area contributed by atoms with Crippen molar-refractivity contribution in [1.82, 2.24) is 19.6 Å². The second-order valence-corrected chi connectivity index (χ2v) is 11.6. The van der Waals surface area contributed by atoms with Crippen LogP contribution in [0.4, 0.5) is 22.7 Å². The third-order valence-electron chi connectivity index (χ3n) is 6.51. The molecular formula is C32H22Cl4CrN8NaO4-. The molecule has 0 amide bonds. The fraction of sp³-hybridized carbons (Fsp3) is 0.0625. The van der Waals surface area contributed by atoms with Crippen LogP contribution in [-0.2, 0) is 17.4 Å². The smallest absolute Gasteiger partial charge is 0.504 e. The van der Waals surface area contributed by atoms with Crippen LogP contribution in [0.1, 0.15) is 11.4 Å². The number of nitrogens with zero attached hydrogens (tertiary/aromatic N) is 8. The van der Waals surface area contributed by atoms with E-state index in [4.69, 9.17) is 46.4 Å². The normalized spacial score (nSPS) is 10.8. The van der Waals surface area contributed by atoms with Crippen LogP contribution in [0.2, 0.25) is 20.1 Å². The molecule has 0 aliphatic rings. The molecule has 0 spiro atoms. The van der Waals surface area contributed by atoms with Crippen LogP contribution in [0.15, 0.2) is 115 Å². The average molecular weight is 799 g/mol. The van der Waals surface area contributed by atoms with Crippen molar-refractivity contribution in [3.05, 3.63) is 137 Å². The predicted octanol–water partition coefficient (Wildman–Crippen LogP) is 6.38. The van der Waals surface area contributed by atoms with Crippen LogP contribution in [-0.4, -0.2) is 29.8 Å². The molecule has 0 saturated heterocycles. The second kappa shape index (κ2) is 18.1. The zero-order valence-corrected chi connectivity index (χ0v) is 32.6. The molecule has 6 rings (SSSR count). The van der Waals surface area contributed by atoms with Crippen LogP contribution in [0.3, 0.4) is 0 Å². The molecule has 0 aliphatic carbocycles. The Kier molecular flexibility index (Phi) is 14.7. The molecule has 2 aromatic heterocycles. The zero-order chi connectivity index (χ0) is 34.5. The van der Waals surface area contributed by atoms with Crippen molar-refractivity contribution in [1.29, 1.82) is 0 Å². The van der Waals surface area contributed by atoms with E-state index < -0.39 is 11.1 Å². The Balaban J connectivity index is 0.000000260.